The molecule has 0 aromatic carbocycles. The number of aromatic nitrogens is 4. The van der Waals surface area contributed by atoms with E-state index >= 15 is 0 Å². The van der Waals surface area contributed by atoms with Gasteiger partial charge in [0, 0.05) is 35.0 Å². The number of rotatable bonds is 5. The maximum atomic E-state index is 13.1. The Balaban J connectivity index is 1.31. The Morgan fingerprint density at radius 3 is 3.03 bits per heavy atom. The summed E-state index contributed by atoms with van der Waals surface area (Å²) in [6.45, 7) is 1.24. The number of halogens is 1. The van der Waals surface area contributed by atoms with Gasteiger partial charge in [0.1, 0.15) is 35.6 Å². The Hall–Kier alpha value is -1.96. The average Bonchev–Trinajstić information content (AvgIpc) is 3.32. The van der Waals surface area contributed by atoms with E-state index in [1.807, 2.05) is 6.07 Å². The van der Waals surface area contributed by atoms with Crippen molar-refractivity contribution in [2.75, 3.05) is 18.9 Å². The molecule has 2 aliphatic heterocycles. The number of anilines is 1. The van der Waals surface area contributed by atoms with Gasteiger partial charge in [0.2, 0.25) is 0 Å². The predicted octanol–water partition coefficient (Wildman–Crippen LogP) is 2.48. The van der Waals surface area contributed by atoms with Crippen molar-refractivity contribution in [1.29, 1.82) is 0 Å². The number of phosphoric acid groups is 1. The van der Waals surface area contributed by atoms with Gasteiger partial charge in [-0.2, -0.15) is 0 Å². The fourth-order valence-corrected chi connectivity index (χ4v) is 5.91. The first kappa shape index (κ1) is 23.8. The van der Waals surface area contributed by atoms with Gasteiger partial charge in [0.25, 0.3) is 0 Å². The summed E-state index contributed by atoms with van der Waals surface area (Å²) in [4.78, 5) is 12.3. The highest BCUT2D eigenvalue weighted by Crippen LogP contribution is 2.57. The first-order chi connectivity index (χ1) is 16.2. The average molecular weight is 556 g/mol. The van der Waals surface area contributed by atoms with E-state index in [-0.39, 0.29) is 19.0 Å². The molecule has 4 N–H and O–H groups in total. The van der Waals surface area contributed by atoms with Crippen LogP contribution < -0.4 is 5.73 Å². The minimum atomic E-state index is -3.96. The van der Waals surface area contributed by atoms with Crippen molar-refractivity contribution in [3.63, 3.8) is 0 Å². The molecule has 14 heteroatoms. The topological polar surface area (TPSA) is 164 Å². The number of hydrogen-bond donors (Lipinski definition) is 3. The van der Waals surface area contributed by atoms with E-state index in [9.17, 15) is 14.8 Å². The Labute approximate surface area is 202 Å². The third-order valence-electron chi connectivity index (χ3n) is 5.93. The van der Waals surface area contributed by atoms with Crippen LogP contribution in [-0.2, 0) is 22.9 Å². The first-order valence-corrected chi connectivity index (χ1v) is 12.7. The maximum Gasteiger partial charge on any atom is 0.475 e. The molecule has 0 radical (unpaired) electrons. The summed E-state index contributed by atoms with van der Waals surface area (Å²) < 4.78 is 37.8. The lowest BCUT2D eigenvalue weighted by atomic mass is 9.96. The Morgan fingerprint density at radius 2 is 2.24 bits per heavy atom. The van der Waals surface area contributed by atoms with E-state index in [2.05, 4.69) is 30.9 Å². The number of pyridine rings is 1. The lowest BCUT2D eigenvalue weighted by Crippen LogP contribution is -2.44. The molecule has 1 unspecified atom stereocenters. The van der Waals surface area contributed by atoms with Crippen LogP contribution in [0, 0.1) is 0 Å². The van der Waals surface area contributed by atoms with Gasteiger partial charge in [0.05, 0.1) is 24.7 Å². The summed E-state index contributed by atoms with van der Waals surface area (Å²) in [6.07, 6.45) is 2.72. The normalized spacial score (nSPS) is 34.0. The minimum absolute atomic E-state index is 0.152. The summed E-state index contributed by atoms with van der Waals surface area (Å²) in [5.41, 5.74) is 5.34. The molecule has 2 saturated heterocycles. The highest BCUT2D eigenvalue weighted by molar-refractivity contribution is 9.10. The monoisotopic (exact) mass is 555 g/mol. The fraction of sp³-hybridized carbons (Fsp3) is 0.450. The van der Waals surface area contributed by atoms with Crippen LogP contribution in [0.1, 0.15) is 31.2 Å². The molecule has 2 fully saturated rings. The van der Waals surface area contributed by atoms with Crippen molar-refractivity contribution in [3.8, 4) is 0 Å². The van der Waals surface area contributed by atoms with Crippen LogP contribution in [0.4, 0.5) is 5.82 Å². The zero-order chi connectivity index (χ0) is 24.1. The number of aliphatic hydroxyl groups excluding tert-OH is 1. The standard InChI is InChI=1S/C20H23BrN5O7P/c1-20(28)16(27)15(32-19(20)26-4-2-13-17(22)24-10-25-18(13)26)9-31-34(29)30-5-3-14(33-34)11-6-12(21)8-23-7-11/h2,4,6-8,10,14-16,19,27-28H,3,5,9H2,1H3,(H2,22,24,25)/t14-,15+,16+,19+,20+,34?/m0/s1. The highest BCUT2D eigenvalue weighted by Gasteiger charge is 2.54. The summed E-state index contributed by atoms with van der Waals surface area (Å²) in [7, 11) is -3.96. The fourth-order valence-electron chi connectivity index (χ4n) is 4.13. The number of nitrogen functional groups attached to an aromatic ring is 1. The van der Waals surface area contributed by atoms with Crippen molar-refractivity contribution in [3.05, 3.63) is 47.1 Å². The van der Waals surface area contributed by atoms with Gasteiger partial charge in [-0.15, -0.1) is 0 Å². The van der Waals surface area contributed by atoms with Gasteiger partial charge < -0.3 is 25.3 Å². The summed E-state index contributed by atoms with van der Waals surface area (Å²) in [5.74, 6) is 0.279. The van der Waals surface area contributed by atoms with Gasteiger partial charge in [-0.25, -0.2) is 14.5 Å². The summed E-state index contributed by atoms with van der Waals surface area (Å²) >= 11 is 3.36. The van der Waals surface area contributed by atoms with Crippen LogP contribution in [-0.4, -0.2) is 60.8 Å². The molecule has 0 spiro atoms. The largest absolute Gasteiger partial charge is 0.475 e. The van der Waals surface area contributed by atoms with Gasteiger partial charge in [-0.1, -0.05) is 0 Å². The van der Waals surface area contributed by atoms with Crippen LogP contribution in [0.15, 0.2) is 41.5 Å². The molecule has 12 nitrogen and oxygen atoms in total. The van der Waals surface area contributed by atoms with Gasteiger partial charge in [-0.05, 0) is 35.0 Å². The van der Waals surface area contributed by atoms with Crippen LogP contribution in [0.2, 0.25) is 0 Å². The zero-order valence-corrected chi connectivity index (χ0v) is 20.5. The molecule has 34 heavy (non-hydrogen) atoms. The van der Waals surface area contributed by atoms with Crippen LogP contribution in [0.3, 0.4) is 0 Å². The van der Waals surface area contributed by atoms with Crippen molar-refractivity contribution in [2.24, 2.45) is 0 Å². The maximum absolute atomic E-state index is 13.1. The molecule has 0 saturated carbocycles. The van der Waals surface area contributed by atoms with Crippen molar-refractivity contribution >= 4 is 40.6 Å². The highest BCUT2D eigenvalue weighted by atomic mass is 79.9. The second kappa shape index (κ2) is 8.92. The molecule has 3 aromatic heterocycles. The number of nitrogens with zero attached hydrogens (tertiary/aromatic N) is 4. The lowest BCUT2D eigenvalue weighted by molar-refractivity contribution is -0.0950. The molecular formula is C20H23BrN5O7P. The van der Waals surface area contributed by atoms with Crippen LogP contribution in [0.25, 0.3) is 11.0 Å². The van der Waals surface area contributed by atoms with Gasteiger partial charge >= 0.3 is 7.82 Å². The molecule has 6 atom stereocenters. The van der Waals surface area contributed by atoms with Crippen LogP contribution in [0.5, 0.6) is 0 Å². The van der Waals surface area contributed by atoms with E-state index < -0.39 is 38.0 Å². The summed E-state index contributed by atoms with van der Waals surface area (Å²) in [5, 5.41) is 22.4. The van der Waals surface area contributed by atoms with Crippen LogP contribution >= 0.6 is 23.8 Å². The number of phosphoric ester groups is 1. The molecule has 0 bridgehead atoms. The number of nitrogens with two attached hydrogens (primary N) is 1. The third kappa shape index (κ3) is 4.27. The van der Waals surface area contributed by atoms with Gasteiger partial charge in [0.15, 0.2) is 6.23 Å². The van der Waals surface area contributed by atoms with E-state index in [1.54, 1.807) is 29.2 Å². The number of aliphatic hydroxyl groups is 2. The number of ether oxygens (including phenoxy) is 1. The molecule has 5 heterocycles. The Morgan fingerprint density at radius 1 is 1.41 bits per heavy atom. The first-order valence-electron chi connectivity index (χ1n) is 10.5. The minimum Gasteiger partial charge on any atom is -0.387 e. The second-order valence-corrected chi connectivity index (χ2v) is 10.8. The number of fused-ring (bicyclic) bond motifs is 1. The molecular weight excluding hydrogens is 533 g/mol. The van der Waals surface area contributed by atoms with Gasteiger partial charge in [-0.3, -0.25) is 18.6 Å². The van der Waals surface area contributed by atoms with Crippen molar-refractivity contribution < 1.29 is 33.1 Å². The van der Waals surface area contributed by atoms with Crippen molar-refractivity contribution in [1.82, 2.24) is 19.5 Å². The Kier molecular flexibility index (Phi) is 6.23. The van der Waals surface area contributed by atoms with E-state index in [4.69, 9.17) is 24.0 Å². The summed E-state index contributed by atoms with van der Waals surface area (Å²) in [6, 6.07) is 3.51. The molecule has 2 aliphatic rings. The Bertz CT molecular complexity index is 1260. The molecule has 0 amide bonds. The van der Waals surface area contributed by atoms with Crippen molar-refractivity contribution in [2.45, 2.75) is 43.5 Å². The lowest BCUT2D eigenvalue weighted by Gasteiger charge is -2.30. The second-order valence-electron chi connectivity index (χ2n) is 8.31. The number of hydrogen-bond acceptors (Lipinski definition) is 11. The van der Waals surface area contributed by atoms with E-state index in [0.717, 1.165) is 10.0 Å². The SMILES string of the molecule is C[C@@]1(O)[C@H](O)[C@@H](COP2(=O)OCC[C@@H](c3cncc(Br)c3)O2)O[C@H]1n1ccc2c(N)ncnc21. The molecule has 0 aliphatic carbocycles. The van der Waals surface area contributed by atoms with E-state index in [0.29, 0.717) is 17.5 Å². The third-order valence-corrected chi connectivity index (χ3v) is 7.84. The quantitative estimate of drug-likeness (QED) is 0.396. The molecule has 3 aromatic rings. The molecule has 5 rings (SSSR count). The smallest absolute Gasteiger partial charge is 0.387 e. The van der Waals surface area contributed by atoms with E-state index in [1.165, 1.54) is 13.3 Å². The molecule has 182 valence electrons. The predicted molar refractivity (Wildman–Crippen MR) is 122 cm³/mol. The zero-order valence-electron chi connectivity index (χ0n) is 18.0.